The largest absolute Gasteiger partial charge is 0.462 e. The fourth-order valence-electron chi connectivity index (χ4n) is 1.68. The number of urea groups is 1. The first-order chi connectivity index (χ1) is 10.7. The minimum absolute atomic E-state index is 0.141. The number of thiophene rings is 1. The maximum Gasteiger partial charge on any atom is 0.325 e. The number of carbonyl (C=O) groups excluding carboxylic acids is 2. The van der Waals surface area contributed by atoms with Crippen LogP contribution in [-0.4, -0.2) is 22.7 Å². The number of hydrogen-bond acceptors (Lipinski definition) is 7. The lowest BCUT2D eigenvalue weighted by molar-refractivity contribution is -0.129. The van der Waals surface area contributed by atoms with Gasteiger partial charge < -0.3 is 10.1 Å². The third-order valence-corrected chi connectivity index (χ3v) is 4.96. The molecule has 0 saturated carbocycles. The summed E-state index contributed by atoms with van der Waals surface area (Å²) in [6.07, 6.45) is 1.62. The standard InChI is InChI=1S/C13H16N4O3S2/c1-3-8-5-9(10(21-8)6-20-7-18)14-12(19)15-13-17-16-11(4-2)22-13/h5,7H,3-4,6H2,1-2H3,(H2,14,15,17,19). The molecule has 9 heteroatoms. The van der Waals surface area contributed by atoms with Crippen molar-refractivity contribution in [3.8, 4) is 0 Å². The lowest BCUT2D eigenvalue weighted by atomic mass is 10.3. The Hall–Kier alpha value is -2.00. The van der Waals surface area contributed by atoms with Crippen LogP contribution in [0, 0.1) is 0 Å². The van der Waals surface area contributed by atoms with E-state index in [4.69, 9.17) is 4.74 Å². The van der Waals surface area contributed by atoms with Crippen LogP contribution in [-0.2, 0) is 29.0 Å². The van der Waals surface area contributed by atoms with Crippen molar-refractivity contribution < 1.29 is 14.3 Å². The lowest BCUT2D eigenvalue weighted by Crippen LogP contribution is -2.19. The molecule has 2 aromatic rings. The molecule has 0 spiro atoms. The Kier molecular flexibility index (Phi) is 5.84. The number of aromatic nitrogens is 2. The summed E-state index contributed by atoms with van der Waals surface area (Å²) in [5, 5.41) is 14.5. The Bertz CT molecular complexity index is 654. The summed E-state index contributed by atoms with van der Waals surface area (Å²) in [6, 6.07) is 1.48. The predicted octanol–water partition coefficient (Wildman–Crippen LogP) is 3.04. The molecule has 2 N–H and O–H groups in total. The first kappa shape index (κ1) is 16.4. The molecule has 0 unspecified atom stereocenters. The van der Waals surface area contributed by atoms with Gasteiger partial charge in [0.2, 0.25) is 5.13 Å². The Labute approximate surface area is 135 Å². The number of nitrogens with one attached hydrogen (secondary N) is 2. The van der Waals surface area contributed by atoms with Gasteiger partial charge in [-0.3, -0.25) is 10.1 Å². The molecule has 2 rings (SSSR count). The van der Waals surface area contributed by atoms with Crippen molar-refractivity contribution in [2.45, 2.75) is 33.3 Å². The maximum absolute atomic E-state index is 12.0. The molecular weight excluding hydrogens is 324 g/mol. The molecule has 2 aromatic heterocycles. The highest BCUT2D eigenvalue weighted by Gasteiger charge is 2.13. The minimum atomic E-state index is -0.397. The molecule has 0 saturated heterocycles. The van der Waals surface area contributed by atoms with Gasteiger partial charge in [-0.1, -0.05) is 25.2 Å². The maximum atomic E-state index is 12.0. The summed E-state index contributed by atoms with van der Waals surface area (Å²) in [5.74, 6) is 0. The summed E-state index contributed by atoms with van der Waals surface area (Å²) in [5.41, 5.74) is 0.640. The van der Waals surface area contributed by atoms with Crippen LogP contribution >= 0.6 is 22.7 Å². The van der Waals surface area contributed by atoms with Crippen LogP contribution in [0.2, 0.25) is 0 Å². The van der Waals surface area contributed by atoms with E-state index in [0.717, 1.165) is 27.6 Å². The number of carbonyl (C=O) groups is 2. The molecule has 0 aromatic carbocycles. The van der Waals surface area contributed by atoms with E-state index in [0.29, 0.717) is 17.3 Å². The van der Waals surface area contributed by atoms with Crippen LogP contribution in [0.1, 0.15) is 28.6 Å². The van der Waals surface area contributed by atoms with E-state index in [1.165, 1.54) is 22.7 Å². The van der Waals surface area contributed by atoms with E-state index >= 15 is 0 Å². The molecule has 2 heterocycles. The number of hydrogen-bond donors (Lipinski definition) is 2. The van der Waals surface area contributed by atoms with E-state index in [-0.39, 0.29) is 6.61 Å². The fourth-order valence-corrected chi connectivity index (χ4v) is 3.34. The third kappa shape index (κ3) is 4.25. The molecule has 0 aliphatic carbocycles. The zero-order valence-corrected chi connectivity index (χ0v) is 13.8. The highest BCUT2D eigenvalue weighted by Crippen LogP contribution is 2.28. The number of aryl methyl sites for hydroxylation is 2. The molecule has 0 bridgehead atoms. The molecular formula is C13H16N4O3S2. The van der Waals surface area contributed by atoms with Gasteiger partial charge in [0.25, 0.3) is 6.47 Å². The zero-order valence-electron chi connectivity index (χ0n) is 12.2. The monoisotopic (exact) mass is 340 g/mol. The van der Waals surface area contributed by atoms with Crippen molar-refractivity contribution in [3.63, 3.8) is 0 Å². The molecule has 0 atom stereocenters. The van der Waals surface area contributed by atoms with Gasteiger partial charge in [0.15, 0.2) is 0 Å². The smallest absolute Gasteiger partial charge is 0.325 e. The quantitative estimate of drug-likeness (QED) is 0.756. The Morgan fingerprint density at radius 3 is 2.73 bits per heavy atom. The molecule has 0 fully saturated rings. The van der Waals surface area contributed by atoms with Gasteiger partial charge >= 0.3 is 6.03 Å². The van der Waals surface area contributed by atoms with Gasteiger partial charge in [0, 0.05) is 4.88 Å². The van der Waals surface area contributed by atoms with Crippen LogP contribution in [0.3, 0.4) is 0 Å². The Balaban J connectivity index is 2.03. The highest BCUT2D eigenvalue weighted by molar-refractivity contribution is 7.15. The normalized spacial score (nSPS) is 10.3. The first-order valence-electron chi connectivity index (χ1n) is 6.73. The molecule has 0 aliphatic heterocycles. The number of anilines is 2. The molecule has 0 radical (unpaired) electrons. The van der Waals surface area contributed by atoms with E-state index in [1.807, 2.05) is 19.9 Å². The summed E-state index contributed by atoms with van der Waals surface area (Å²) >= 11 is 2.84. The van der Waals surface area contributed by atoms with Crippen LogP contribution < -0.4 is 10.6 Å². The van der Waals surface area contributed by atoms with Crippen molar-refractivity contribution in [2.24, 2.45) is 0 Å². The van der Waals surface area contributed by atoms with Crippen LogP contribution in [0.25, 0.3) is 0 Å². The summed E-state index contributed by atoms with van der Waals surface area (Å²) in [6.45, 7) is 4.53. The second kappa shape index (κ2) is 7.85. The lowest BCUT2D eigenvalue weighted by Gasteiger charge is -2.05. The van der Waals surface area contributed by atoms with Crippen LogP contribution in [0.5, 0.6) is 0 Å². The first-order valence-corrected chi connectivity index (χ1v) is 8.36. The second-order valence-electron chi connectivity index (χ2n) is 4.24. The average Bonchev–Trinajstić information content (AvgIpc) is 3.11. The minimum Gasteiger partial charge on any atom is -0.462 e. The highest BCUT2D eigenvalue weighted by atomic mass is 32.1. The summed E-state index contributed by atoms with van der Waals surface area (Å²) < 4.78 is 4.77. The van der Waals surface area contributed by atoms with Gasteiger partial charge in [-0.2, -0.15) is 0 Å². The topological polar surface area (TPSA) is 93.2 Å². The number of nitrogens with zero attached hydrogens (tertiary/aromatic N) is 2. The van der Waals surface area contributed by atoms with E-state index in [9.17, 15) is 9.59 Å². The molecule has 0 aliphatic rings. The van der Waals surface area contributed by atoms with Crippen molar-refractivity contribution in [3.05, 3.63) is 20.8 Å². The SMILES string of the molecule is CCc1cc(NC(=O)Nc2nnc(CC)s2)c(COC=O)s1. The van der Waals surface area contributed by atoms with Gasteiger partial charge in [-0.05, 0) is 18.9 Å². The fraction of sp³-hybridized carbons (Fsp3) is 0.385. The predicted molar refractivity (Wildman–Crippen MR) is 86.5 cm³/mol. The Morgan fingerprint density at radius 1 is 1.27 bits per heavy atom. The van der Waals surface area contributed by atoms with E-state index < -0.39 is 6.03 Å². The van der Waals surface area contributed by atoms with Gasteiger partial charge in [-0.25, -0.2) is 4.79 Å². The van der Waals surface area contributed by atoms with Crippen LogP contribution in [0.15, 0.2) is 6.07 Å². The molecule has 22 heavy (non-hydrogen) atoms. The van der Waals surface area contributed by atoms with Gasteiger partial charge in [0.05, 0.1) is 10.6 Å². The number of ether oxygens (including phenoxy) is 1. The average molecular weight is 340 g/mol. The number of rotatable bonds is 7. The van der Waals surface area contributed by atoms with E-state index in [1.54, 1.807) is 0 Å². The second-order valence-corrected chi connectivity index (χ2v) is 6.53. The summed E-state index contributed by atoms with van der Waals surface area (Å²) in [4.78, 5) is 24.2. The van der Waals surface area contributed by atoms with E-state index in [2.05, 4.69) is 20.8 Å². The Morgan fingerprint density at radius 2 is 2.09 bits per heavy atom. The molecule has 7 nitrogen and oxygen atoms in total. The van der Waals surface area contributed by atoms with Crippen molar-refractivity contribution in [2.75, 3.05) is 10.6 Å². The molecule has 2 amide bonds. The van der Waals surface area contributed by atoms with Crippen molar-refractivity contribution >= 4 is 46.0 Å². The molecule has 118 valence electrons. The van der Waals surface area contributed by atoms with Gasteiger partial charge in [0.1, 0.15) is 11.6 Å². The third-order valence-electron chi connectivity index (χ3n) is 2.73. The summed E-state index contributed by atoms with van der Waals surface area (Å²) in [7, 11) is 0. The van der Waals surface area contributed by atoms with Crippen molar-refractivity contribution in [1.29, 1.82) is 0 Å². The van der Waals surface area contributed by atoms with Crippen LogP contribution in [0.4, 0.5) is 15.6 Å². The zero-order chi connectivity index (χ0) is 15.9. The number of amides is 2. The van der Waals surface area contributed by atoms with Crippen molar-refractivity contribution in [1.82, 2.24) is 10.2 Å². The van der Waals surface area contributed by atoms with Gasteiger partial charge in [-0.15, -0.1) is 21.5 Å².